The van der Waals surface area contributed by atoms with Crippen molar-refractivity contribution in [1.82, 2.24) is 14.2 Å². The number of rotatable bonds is 8. The summed E-state index contributed by atoms with van der Waals surface area (Å²) in [6, 6.07) is 19.6. The lowest BCUT2D eigenvalue weighted by Crippen LogP contribution is -2.34. The van der Waals surface area contributed by atoms with Crippen molar-refractivity contribution in [2.75, 3.05) is 20.1 Å². The highest BCUT2D eigenvalue weighted by atomic mass is 32.2. The van der Waals surface area contributed by atoms with Crippen LogP contribution < -0.4 is 0 Å². The molecule has 168 valence electrons. The largest absolute Gasteiger partial charge is 0.329 e. The van der Waals surface area contributed by atoms with E-state index >= 15 is 0 Å². The topological polar surface area (TPSA) is 70.6 Å². The zero-order valence-corrected chi connectivity index (χ0v) is 19.7. The zero-order chi connectivity index (χ0) is 23.3. The molecule has 0 fully saturated rings. The van der Waals surface area contributed by atoms with Gasteiger partial charge < -0.3 is 4.90 Å². The molecule has 0 aliphatic carbocycles. The van der Waals surface area contributed by atoms with E-state index in [-0.39, 0.29) is 10.8 Å². The Balaban J connectivity index is 2.05. The molecule has 1 amide bonds. The fourth-order valence-corrected chi connectivity index (χ4v) is 5.26. The average Bonchev–Trinajstić information content (AvgIpc) is 2.81. The van der Waals surface area contributed by atoms with E-state index < -0.39 is 16.1 Å². The maximum atomic E-state index is 13.6. The first-order valence-corrected chi connectivity index (χ1v) is 12.1. The quantitative estimate of drug-likeness (QED) is 0.512. The maximum Gasteiger partial charge on any atom is 0.254 e. The van der Waals surface area contributed by atoms with Gasteiger partial charge in [0.05, 0.1) is 16.6 Å². The molecule has 0 aliphatic heterocycles. The van der Waals surface area contributed by atoms with Crippen molar-refractivity contribution in [2.24, 2.45) is 0 Å². The van der Waals surface area contributed by atoms with Crippen molar-refractivity contribution < 1.29 is 13.2 Å². The highest BCUT2D eigenvalue weighted by Crippen LogP contribution is 2.29. The molecular weight excluding hydrogens is 422 g/mol. The Morgan fingerprint density at radius 3 is 2.22 bits per heavy atom. The molecule has 7 heteroatoms. The summed E-state index contributed by atoms with van der Waals surface area (Å²) in [6.07, 6.45) is 1.70. The van der Waals surface area contributed by atoms with E-state index in [0.29, 0.717) is 24.2 Å². The molecule has 1 atom stereocenters. The first-order chi connectivity index (χ1) is 15.3. The molecule has 1 aromatic heterocycles. The van der Waals surface area contributed by atoms with Gasteiger partial charge in [-0.15, -0.1) is 0 Å². The molecule has 3 aromatic rings. The molecule has 32 heavy (non-hydrogen) atoms. The fraction of sp³-hybridized carbons (Fsp3) is 0.280. The third-order valence-electron chi connectivity index (χ3n) is 5.57. The predicted molar refractivity (Wildman–Crippen MR) is 126 cm³/mol. The summed E-state index contributed by atoms with van der Waals surface area (Å²) in [5.41, 5.74) is 2.73. The highest BCUT2D eigenvalue weighted by molar-refractivity contribution is 7.89. The molecule has 1 heterocycles. The molecule has 0 radical (unpaired) electrons. The van der Waals surface area contributed by atoms with E-state index in [1.807, 2.05) is 55.5 Å². The number of aryl methyl sites for hydroxylation is 1. The number of hydrogen-bond acceptors (Lipinski definition) is 4. The third kappa shape index (κ3) is 4.74. The number of nitrogens with zero attached hydrogens (tertiary/aromatic N) is 3. The molecule has 3 rings (SSSR count). The van der Waals surface area contributed by atoms with E-state index in [1.54, 1.807) is 44.1 Å². The Morgan fingerprint density at radius 1 is 0.969 bits per heavy atom. The molecule has 0 N–H and O–H groups in total. The number of hydrogen-bond donors (Lipinski definition) is 0. The Bertz CT molecular complexity index is 1120. The van der Waals surface area contributed by atoms with Gasteiger partial charge in [0, 0.05) is 31.9 Å². The van der Waals surface area contributed by atoms with E-state index in [2.05, 4.69) is 4.98 Å². The minimum Gasteiger partial charge on any atom is -0.329 e. The minimum absolute atomic E-state index is 0.123. The molecule has 0 saturated heterocycles. The van der Waals surface area contributed by atoms with Crippen LogP contribution in [-0.4, -0.2) is 48.7 Å². The Labute approximate surface area is 190 Å². The van der Waals surface area contributed by atoms with Gasteiger partial charge in [0.1, 0.15) is 0 Å². The second-order valence-electron chi connectivity index (χ2n) is 7.55. The highest BCUT2D eigenvalue weighted by Gasteiger charge is 2.28. The van der Waals surface area contributed by atoms with Crippen LogP contribution in [0.3, 0.4) is 0 Å². The summed E-state index contributed by atoms with van der Waals surface area (Å²) in [7, 11) is -1.95. The number of carbonyl (C=O) groups excluding carboxylic acids is 1. The number of sulfonamides is 1. The van der Waals surface area contributed by atoms with Crippen LogP contribution in [0.5, 0.6) is 0 Å². The normalized spacial score (nSPS) is 12.5. The zero-order valence-electron chi connectivity index (χ0n) is 18.9. The molecule has 1 unspecified atom stereocenters. The lowest BCUT2D eigenvalue weighted by molar-refractivity contribution is 0.0751. The van der Waals surface area contributed by atoms with Gasteiger partial charge in [0.25, 0.3) is 5.91 Å². The van der Waals surface area contributed by atoms with Crippen LogP contribution in [0.15, 0.2) is 77.8 Å². The summed E-state index contributed by atoms with van der Waals surface area (Å²) in [4.78, 5) is 19.9. The summed E-state index contributed by atoms with van der Waals surface area (Å²) >= 11 is 0. The molecule has 0 saturated carbocycles. The second-order valence-corrected chi connectivity index (χ2v) is 9.49. The summed E-state index contributed by atoms with van der Waals surface area (Å²) in [5, 5.41) is 0. The Kier molecular flexibility index (Phi) is 7.43. The summed E-state index contributed by atoms with van der Waals surface area (Å²) < 4.78 is 27.4. The molecule has 6 nitrogen and oxygen atoms in total. The van der Waals surface area contributed by atoms with E-state index in [0.717, 1.165) is 11.3 Å². The smallest absolute Gasteiger partial charge is 0.254 e. The first-order valence-electron chi connectivity index (χ1n) is 10.6. The van der Waals surface area contributed by atoms with Crippen molar-refractivity contribution in [2.45, 2.75) is 31.7 Å². The number of pyridine rings is 1. The van der Waals surface area contributed by atoms with Gasteiger partial charge in [-0.2, -0.15) is 4.31 Å². The summed E-state index contributed by atoms with van der Waals surface area (Å²) in [5.74, 6) is -0.265. The first kappa shape index (κ1) is 23.6. The van der Waals surface area contributed by atoms with Crippen LogP contribution in [0.1, 0.15) is 47.1 Å². The van der Waals surface area contributed by atoms with Gasteiger partial charge in [0.2, 0.25) is 10.0 Å². The third-order valence-corrected chi connectivity index (χ3v) is 7.62. The van der Waals surface area contributed by atoms with Crippen LogP contribution in [0.25, 0.3) is 0 Å². The van der Waals surface area contributed by atoms with Gasteiger partial charge in [-0.25, -0.2) is 8.42 Å². The lowest BCUT2D eigenvalue weighted by Gasteiger charge is -2.29. The van der Waals surface area contributed by atoms with Gasteiger partial charge in [0.15, 0.2) is 0 Å². The maximum absolute atomic E-state index is 13.6. The number of carbonyl (C=O) groups is 1. The van der Waals surface area contributed by atoms with E-state index in [9.17, 15) is 13.2 Å². The molecule has 0 aliphatic rings. The number of amides is 1. The predicted octanol–water partition coefficient (Wildman–Crippen LogP) is 4.28. The van der Waals surface area contributed by atoms with Gasteiger partial charge in [-0.1, -0.05) is 56.3 Å². The second kappa shape index (κ2) is 10.1. The number of aromatic nitrogens is 1. The molecular formula is C25H29N3O3S. The molecule has 0 spiro atoms. The van der Waals surface area contributed by atoms with Crippen molar-refractivity contribution >= 4 is 15.9 Å². The lowest BCUT2D eigenvalue weighted by atomic mass is 10.00. The van der Waals surface area contributed by atoms with Crippen LogP contribution >= 0.6 is 0 Å². The van der Waals surface area contributed by atoms with Crippen LogP contribution in [0.2, 0.25) is 0 Å². The van der Waals surface area contributed by atoms with Gasteiger partial charge >= 0.3 is 0 Å². The Morgan fingerprint density at radius 2 is 1.62 bits per heavy atom. The number of benzene rings is 2. The van der Waals surface area contributed by atoms with E-state index in [1.165, 1.54) is 10.4 Å². The molecule has 0 bridgehead atoms. The summed E-state index contributed by atoms with van der Waals surface area (Å²) in [6.45, 7) is 6.14. The van der Waals surface area contributed by atoms with Crippen LogP contribution in [0.4, 0.5) is 0 Å². The standard InChI is InChI=1S/C25H29N3O3S/c1-5-28(6-2)32(30,31)21-16-15-19(3)22(18-21)25(29)27(4)24(20-12-8-7-9-13-20)23-14-10-11-17-26-23/h7-18,24H,5-6H2,1-4H3. The minimum atomic E-state index is -3.67. The van der Waals surface area contributed by atoms with Crippen LogP contribution in [-0.2, 0) is 10.0 Å². The van der Waals surface area contributed by atoms with E-state index in [4.69, 9.17) is 0 Å². The SMILES string of the molecule is CCN(CC)S(=O)(=O)c1ccc(C)c(C(=O)N(C)C(c2ccccc2)c2ccccn2)c1. The average molecular weight is 452 g/mol. The van der Waals surface area contributed by atoms with Crippen molar-refractivity contribution in [3.63, 3.8) is 0 Å². The monoisotopic (exact) mass is 451 g/mol. The molecule has 2 aromatic carbocycles. The Hall–Kier alpha value is -3.03. The van der Waals surface area contributed by atoms with Gasteiger partial charge in [-0.3, -0.25) is 9.78 Å². The fourth-order valence-electron chi connectivity index (χ4n) is 3.78. The van der Waals surface area contributed by atoms with Crippen molar-refractivity contribution in [3.05, 3.63) is 95.3 Å². The van der Waals surface area contributed by atoms with Crippen molar-refractivity contribution in [3.8, 4) is 0 Å². The van der Waals surface area contributed by atoms with Crippen molar-refractivity contribution in [1.29, 1.82) is 0 Å². The van der Waals surface area contributed by atoms with Gasteiger partial charge in [-0.05, 0) is 42.3 Å². The van der Waals surface area contributed by atoms with Crippen LogP contribution in [0, 0.1) is 6.92 Å².